The standard InChI is InChI=1S/C15H17NO2/c1-11-4-3-5-14(12(11)2)18-9-7-13-6-8-16-15(17)10-13/h3-6,8,10H,7,9H2,1-2H3,(H,16,17). The summed E-state index contributed by atoms with van der Waals surface area (Å²) < 4.78 is 5.75. The van der Waals surface area contributed by atoms with Crippen molar-refractivity contribution in [2.24, 2.45) is 0 Å². The summed E-state index contributed by atoms with van der Waals surface area (Å²) in [6.45, 7) is 4.70. The van der Waals surface area contributed by atoms with Crippen LogP contribution in [0.2, 0.25) is 0 Å². The van der Waals surface area contributed by atoms with E-state index in [-0.39, 0.29) is 5.56 Å². The third kappa shape index (κ3) is 3.00. The molecular weight excluding hydrogens is 226 g/mol. The van der Waals surface area contributed by atoms with Gasteiger partial charge in [-0.3, -0.25) is 4.79 Å². The number of hydrogen-bond acceptors (Lipinski definition) is 2. The molecule has 0 aliphatic rings. The average Bonchev–Trinajstić information content (AvgIpc) is 2.35. The van der Waals surface area contributed by atoms with E-state index in [1.807, 2.05) is 18.2 Å². The summed E-state index contributed by atoms with van der Waals surface area (Å²) in [5.41, 5.74) is 3.32. The van der Waals surface area contributed by atoms with Gasteiger partial charge in [-0.2, -0.15) is 0 Å². The monoisotopic (exact) mass is 243 g/mol. The Labute approximate surface area is 106 Å². The Bertz CT molecular complexity index is 587. The number of hydrogen-bond donors (Lipinski definition) is 1. The van der Waals surface area contributed by atoms with Crippen molar-refractivity contribution in [3.8, 4) is 5.75 Å². The molecule has 3 heteroatoms. The molecule has 0 aliphatic heterocycles. The highest BCUT2D eigenvalue weighted by molar-refractivity contribution is 5.38. The number of benzene rings is 1. The van der Waals surface area contributed by atoms with Gasteiger partial charge in [0.05, 0.1) is 6.61 Å². The highest BCUT2D eigenvalue weighted by Crippen LogP contribution is 2.20. The molecule has 1 aromatic heterocycles. The lowest BCUT2D eigenvalue weighted by Crippen LogP contribution is -2.08. The molecule has 0 amide bonds. The van der Waals surface area contributed by atoms with Crippen molar-refractivity contribution in [3.63, 3.8) is 0 Å². The number of rotatable bonds is 4. The van der Waals surface area contributed by atoms with Gasteiger partial charge in [-0.1, -0.05) is 12.1 Å². The topological polar surface area (TPSA) is 42.1 Å². The van der Waals surface area contributed by atoms with E-state index in [1.165, 1.54) is 11.1 Å². The average molecular weight is 243 g/mol. The minimum Gasteiger partial charge on any atom is -0.493 e. The third-order valence-corrected chi connectivity index (χ3v) is 3.04. The number of aromatic nitrogens is 1. The number of aromatic amines is 1. The van der Waals surface area contributed by atoms with Crippen LogP contribution in [0.1, 0.15) is 16.7 Å². The summed E-state index contributed by atoms with van der Waals surface area (Å²) >= 11 is 0. The van der Waals surface area contributed by atoms with Gasteiger partial charge in [-0.05, 0) is 42.7 Å². The van der Waals surface area contributed by atoms with E-state index in [4.69, 9.17) is 4.74 Å². The molecule has 0 unspecified atom stereocenters. The van der Waals surface area contributed by atoms with Gasteiger partial charge in [0.15, 0.2) is 0 Å². The van der Waals surface area contributed by atoms with Gasteiger partial charge >= 0.3 is 0 Å². The van der Waals surface area contributed by atoms with Crippen LogP contribution in [0.4, 0.5) is 0 Å². The maximum absolute atomic E-state index is 11.1. The van der Waals surface area contributed by atoms with Crippen LogP contribution in [0.15, 0.2) is 41.3 Å². The Kier molecular flexibility index (Phi) is 3.82. The van der Waals surface area contributed by atoms with Crippen LogP contribution in [0.25, 0.3) is 0 Å². The Morgan fingerprint density at radius 3 is 2.83 bits per heavy atom. The first-order valence-electron chi connectivity index (χ1n) is 6.03. The van der Waals surface area contributed by atoms with E-state index in [2.05, 4.69) is 24.9 Å². The molecule has 1 N–H and O–H groups in total. The fourth-order valence-electron chi connectivity index (χ4n) is 1.80. The predicted molar refractivity (Wildman–Crippen MR) is 72.2 cm³/mol. The summed E-state index contributed by atoms with van der Waals surface area (Å²) in [5.74, 6) is 0.917. The lowest BCUT2D eigenvalue weighted by atomic mass is 10.1. The number of aryl methyl sites for hydroxylation is 1. The van der Waals surface area contributed by atoms with Gasteiger partial charge in [0.25, 0.3) is 0 Å². The van der Waals surface area contributed by atoms with Crippen molar-refractivity contribution in [1.82, 2.24) is 4.98 Å². The van der Waals surface area contributed by atoms with E-state index in [0.29, 0.717) is 6.61 Å². The second-order valence-corrected chi connectivity index (χ2v) is 4.36. The first-order chi connectivity index (χ1) is 8.66. The Balaban J connectivity index is 1.96. The van der Waals surface area contributed by atoms with Gasteiger partial charge in [0.2, 0.25) is 5.56 Å². The van der Waals surface area contributed by atoms with Gasteiger partial charge in [0, 0.05) is 18.7 Å². The first kappa shape index (κ1) is 12.4. The Morgan fingerprint density at radius 1 is 1.22 bits per heavy atom. The predicted octanol–water partition coefficient (Wildman–Crippen LogP) is 2.61. The second-order valence-electron chi connectivity index (χ2n) is 4.36. The molecule has 0 saturated heterocycles. The first-order valence-corrected chi connectivity index (χ1v) is 6.03. The minimum atomic E-state index is -0.0702. The molecule has 18 heavy (non-hydrogen) atoms. The molecule has 0 spiro atoms. The second kappa shape index (κ2) is 5.54. The third-order valence-electron chi connectivity index (χ3n) is 3.04. The van der Waals surface area contributed by atoms with Crippen molar-refractivity contribution in [2.45, 2.75) is 20.3 Å². The van der Waals surface area contributed by atoms with Crippen molar-refractivity contribution in [2.75, 3.05) is 6.61 Å². The summed E-state index contributed by atoms with van der Waals surface area (Å²) in [5, 5.41) is 0. The molecule has 1 aromatic carbocycles. The molecule has 0 saturated carbocycles. The molecular formula is C15H17NO2. The van der Waals surface area contributed by atoms with Crippen molar-refractivity contribution < 1.29 is 4.74 Å². The quantitative estimate of drug-likeness (QED) is 0.896. The lowest BCUT2D eigenvalue weighted by Gasteiger charge is -2.10. The summed E-state index contributed by atoms with van der Waals surface area (Å²) in [4.78, 5) is 13.7. The molecule has 0 bridgehead atoms. The van der Waals surface area contributed by atoms with E-state index >= 15 is 0 Å². The maximum Gasteiger partial charge on any atom is 0.248 e. The largest absolute Gasteiger partial charge is 0.493 e. The maximum atomic E-state index is 11.1. The highest BCUT2D eigenvalue weighted by atomic mass is 16.5. The summed E-state index contributed by atoms with van der Waals surface area (Å²) in [6.07, 6.45) is 2.40. The molecule has 2 aromatic rings. The highest BCUT2D eigenvalue weighted by Gasteiger charge is 2.01. The number of ether oxygens (including phenoxy) is 1. The van der Waals surface area contributed by atoms with Crippen LogP contribution in [-0.2, 0) is 6.42 Å². The zero-order chi connectivity index (χ0) is 13.0. The molecule has 0 fully saturated rings. The van der Waals surface area contributed by atoms with Crippen molar-refractivity contribution in [1.29, 1.82) is 0 Å². The summed E-state index contributed by atoms with van der Waals surface area (Å²) in [7, 11) is 0. The number of nitrogens with one attached hydrogen (secondary N) is 1. The van der Waals surface area contributed by atoms with E-state index in [1.54, 1.807) is 12.3 Å². The zero-order valence-corrected chi connectivity index (χ0v) is 10.7. The Hall–Kier alpha value is -2.03. The molecule has 2 rings (SSSR count). The van der Waals surface area contributed by atoms with E-state index in [0.717, 1.165) is 17.7 Å². The molecule has 1 heterocycles. The van der Waals surface area contributed by atoms with E-state index in [9.17, 15) is 4.79 Å². The van der Waals surface area contributed by atoms with Crippen LogP contribution in [0.3, 0.4) is 0 Å². The van der Waals surface area contributed by atoms with Crippen LogP contribution >= 0.6 is 0 Å². The van der Waals surface area contributed by atoms with Crippen LogP contribution in [-0.4, -0.2) is 11.6 Å². The Morgan fingerprint density at radius 2 is 2.06 bits per heavy atom. The van der Waals surface area contributed by atoms with Gasteiger partial charge in [-0.25, -0.2) is 0 Å². The van der Waals surface area contributed by atoms with Crippen molar-refractivity contribution >= 4 is 0 Å². The van der Waals surface area contributed by atoms with Gasteiger partial charge < -0.3 is 9.72 Å². The molecule has 94 valence electrons. The summed E-state index contributed by atoms with van der Waals surface area (Å²) in [6, 6.07) is 9.53. The van der Waals surface area contributed by atoms with Gasteiger partial charge in [0.1, 0.15) is 5.75 Å². The van der Waals surface area contributed by atoms with Crippen molar-refractivity contribution in [3.05, 3.63) is 63.6 Å². The molecule has 3 nitrogen and oxygen atoms in total. The van der Waals surface area contributed by atoms with Crippen LogP contribution in [0, 0.1) is 13.8 Å². The van der Waals surface area contributed by atoms with Crippen LogP contribution < -0.4 is 10.3 Å². The lowest BCUT2D eigenvalue weighted by molar-refractivity contribution is 0.319. The SMILES string of the molecule is Cc1cccc(OCCc2cc[nH]c(=O)c2)c1C. The van der Waals surface area contributed by atoms with E-state index < -0.39 is 0 Å². The fraction of sp³-hybridized carbons (Fsp3) is 0.267. The molecule has 0 radical (unpaired) electrons. The smallest absolute Gasteiger partial charge is 0.248 e. The number of H-pyrrole nitrogens is 1. The van der Waals surface area contributed by atoms with Gasteiger partial charge in [-0.15, -0.1) is 0 Å². The van der Waals surface area contributed by atoms with Crippen LogP contribution in [0.5, 0.6) is 5.75 Å². The molecule has 0 aliphatic carbocycles. The normalized spacial score (nSPS) is 10.3. The fourth-order valence-corrected chi connectivity index (χ4v) is 1.80. The number of pyridine rings is 1. The minimum absolute atomic E-state index is 0.0702. The zero-order valence-electron chi connectivity index (χ0n) is 10.7. The molecule has 0 atom stereocenters.